The molecule has 7 nitrogen and oxygen atoms in total. The van der Waals surface area contributed by atoms with E-state index in [1.54, 1.807) is 19.4 Å². The quantitative estimate of drug-likeness (QED) is 0.620. The second kappa shape index (κ2) is 8.16. The number of amides is 1. The van der Waals surface area contributed by atoms with Gasteiger partial charge in [-0.05, 0) is 25.8 Å². The highest BCUT2D eigenvalue weighted by Gasteiger charge is 2.22. The summed E-state index contributed by atoms with van der Waals surface area (Å²) in [5, 5.41) is 11.9. The van der Waals surface area contributed by atoms with Gasteiger partial charge >= 0.3 is 0 Å². The van der Waals surface area contributed by atoms with Crippen molar-refractivity contribution in [1.82, 2.24) is 24.6 Å². The summed E-state index contributed by atoms with van der Waals surface area (Å²) >= 11 is 0. The van der Waals surface area contributed by atoms with E-state index in [1.807, 2.05) is 40.3 Å². The van der Waals surface area contributed by atoms with Crippen LogP contribution in [0.5, 0.6) is 0 Å². The second-order valence-corrected chi connectivity index (χ2v) is 6.61. The SMILES string of the molecule is CCCn1cnnc1CNC(=O)C(CC)n1cc(C(C)=O)c2ccccc21. The maximum atomic E-state index is 12.9. The lowest BCUT2D eigenvalue weighted by Gasteiger charge is -2.18. The normalized spacial score (nSPS) is 12.3. The Kier molecular flexibility index (Phi) is 5.69. The lowest BCUT2D eigenvalue weighted by molar-refractivity contribution is -0.124. The third-order valence-corrected chi connectivity index (χ3v) is 4.73. The van der Waals surface area contributed by atoms with E-state index in [4.69, 9.17) is 0 Å². The molecule has 0 spiro atoms. The van der Waals surface area contributed by atoms with Crippen molar-refractivity contribution in [3.63, 3.8) is 0 Å². The lowest BCUT2D eigenvalue weighted by Crippen LogP contribution is -2.32. The Morgan fingerprint density at radius 2 is 2.00 bits per heavy atom. The number of ketones is 1. The number of hydrogen-bond acceptors (Lipinski definition) is 4. The number of rotatable bonds is 8. The highest BCUT2D eigenvalue weighted by atomic mass is 16.2. The van der Waals surface area contributed by atoms with E-state index in [0.29, 0.717) is 18.5 Å². The molecule has 0 radical (unpaired) electrons. The van der Waals surface area contributed by atoms with Crippen LogP contribution < -0.4 is 5.32 Å². The molecule has 0 saturated heterocycles. The fourth-order valence-corrected chi connectivity index (χ4v) is 3.38. The van der Waals surface area contributed by atoms with Gasteiger partial charge in [-0.15, -0.1) is 10.2 Å². The van der Waals surface area contributed by atoms with Crippen LogP contribution in [0.25, 0.3) is 10.9 Å². The number of hydrogen-bond donors (Lipinski definition) is 1. The molecule has 3 aromatic rings. The van der Waals surface area contributed by atoms with Crippen LogP contribution in [0.3, 0.4) is 0 Å². The molecule has 0 aliphatic carbocycles. The van der Waals surface area contributed by atoms with E-state index < -0.39 is 6.04 Å². The van der Waals surface area contributed by atoms with E-state index in [1.165, 1.54) is 0 Å². The number of Topliss-reactive ketones (excluding diaryl/α,β-unsaturated/α-hetero) is 1. The summed E-state index contributed by atoms with van der Waals surface area (Å²) in [6, 6.07) is 7.28. The summed E-state index contributed by atoms with van der Waals surface area (Å²) in [5.41, 5.74) is 1.53. The first-order valence-electron chi connectivity index (χ1n) is 9.31. The van der Waals surface area contributed by atoms with Crippen LogP contribution in [0, 0.1) is 0 Å². The van der Waals surface area contributed by atoms with Crippen molar-refractivity contribution in [2.75, 3.05) is 0 Å². The number of fused-ring (bicyclic) bond motifs is 1. The molecule has 1 N–H and O–H groups in total. The van der Waals surface area contributed by atoms with E-state index in [-0.39, 0.29) is 11.7 Å². The Labute approximate surface area is 158 Å². The van der Waals surface area contributed by atoms with E-state index in [0.717, 1.165) is 29.7 Å². The number of para-hydroxylation sites is 1. The Hall–Kier alpha value is -2.96. The van der Waals surface area contributed by atoms with Gasteiger partial charge in [-0.25, -0.2) is 0 Å². The average Bonchev–Trinajstić information content (AvgIpc) is 3.26. The van der Waals surface area contributed by atoms with Gasteiger partial charge in [-0.3, -0.25) is 9.59 Å². The zero-order valence-corrected chi connectivity index (χ0v) is 16.0. The van der Waals surface area contributed by atoms with Gasteiger partial charge in [0.05, 0.1) is 6.54 Å². The van der Waals surface area contributed by atoms with E-state index >= 15 is 0 Å². The molecule has 1 unspecified atom stereocenters. The van der Waals surface area contributed by atoms with Crippen molar-refractivity contribution in [3.05, 3.63) is 48.2 Å². The largest absolute Gasteiger partial charge is 0.347 e. The monoisotopic (exact) mass is 367 g/mol. The Balaban J connectivity index is 1.84. The molecule has 2 aromatic heterocycles. The minimum absolute atomic E-state index is 0.00659. The van der Waals surface area contributed by atoms with Crippen LogP contribution in [0.4, 0.5) is 0 Å². The highest BCUT2D eigenvalue weighted by Crippen LogP contribution is 2.26. The predicted molar refractivity (Wildman–Crippen MR) is 103 cm³/mol. The number of aromatic nitrogens is 4. The van der Waals surface area contributed by atoms with Crippen LogP contribution in [0.15, 0.2) is 36.8 Å². The maximum Gasteiger partial charge on any atom is 0.243 e. The summed E-state index contributed by atoms with van der Waals surface area (Å²) in [6.07, 6.45) is 5.06. The smallest absolute Gasteiger partial charge is 0.243 e. The van der Waals surface area contributed by atoms with Crippen LogP contribution in [-0.2, 0) is 17.9 Å². The number of carbonyl (C=O) groups is 2. The van der Waals surface area contributed by atoms with Crippen molar-refractivity contribution in [1.29, 1.82) is 0 Å². The molecule has 27 heavy (non-hydrogen) atoms. The summed E-state index contributed by atoms with van der Waals surface area (Å²) in [4.78, 5) is 24.9. The number of nitrogens with zero attached hydrogens (tertiary/aromatic N) is 4. The first kappa shape index (κ1) is 18.8. The third kappa shape index (κ3) is 3.77. The minimum Gasteiger partial charge on any atom is -0.347 e. The van der Waals surface area contributed by atoms with E-state index in [9.17, 15) is 9.59 Å². The first-order valence-corrected chi connectivity index (χ1v) is 9.31. The highest BCUT2D eigenvalue weighted by molar-refractivity contribution is 6.07. The molecule has 0 bridgehead atoms. The number of benzene rings is 1. The molecule has 1 atom stereocenters. The molecular weight excluding hydrogens is 342 g/mol. The van der Waals surface area contributed by atoms with Gasteiger partial charge in [0.2, 0.25) is 5.91 Å². The molecule has 0 saturated carbocycles. The standard InChI is InChI=1S/C20H25N5O2/c1-4-10-24-13-22-23-19(24)11-21-20(27)17(5-2)25-12-16(14(3)26)15-8-6-7-9-18(15)25/h6-9,12-13,17H,4-5,10-11H2,1-3H3,(H,21,27). The molecule has 142 valence electrons. The Bertz CT molecular complexity index is 956. The molecular formula is C20H25N5O2. The van der Waals surface area contributed by atoms with Crippen LogP contribution in [-0.4, -0.2) is 31.0 Å². The zero-order chi connectivity index (χ0) is 19.4. The molecule has 0 fully saturated rings. The fraction of sp³-hybridized carbons (Fsp3) is 0.400. The predicted octanol–water partition coefficient (Wildman–Crippen LogP) is 3.11. The average molecular weight is 367 g/mol. The third-order valence-electron chi connectivity index (χ3n) is 4.73. The summed E-state index contributed by atoms with van der Waals surface area (Å²) in [5.74, 6) is 0.633. The zero-order valence-electron chi connectivity index (χ0n) is 16.0. The molecule has 1 aromatic carbocycles. The van der Waals surface area contributed by atoms with Gasteiger partial charge in [0.15, 0.2) is 11.6 Å². The van der Waals surface area contributed by atoms with Crippen molar-refractivity contribution in [2.24, 2.45) is 0 Å². The lowest BCUT2D eigenvalue weighted by atomic mass is 10.1. The Morgan fingerprint density at radius 1 is 1.22 bits per heavy atom. The van der Waals surface area contributed by atoms with Crippen LogP contribution in [0.2, 0.25) is 0 Å². The molecule has 1 amide bonds. The Morgan fingerprint density at radius 3 is 2.70 bits per heavy atom. The molecule has 0 aliphatic heterocycles. The summed E-state index contributed by atoms with van der Waals surface area (Å²) in [7, 11) is 0. The van der Waals surface area contributed by atoms with Gasteiger partial charge in [-0.1, -0.05) is 32.0 Å². The van der Waals surface area contributed by atoms with Gasteiger partial charge < -0.3 is 14.5 Å². The van der Waals surface area contributed by atoms with Crippen molar-refractivity contribution < 1.29 is 9.59 Å². The van der Waals surface area contributed by atoms with Gasteiger partial charge in [-0.2, -0.15) is 0 Å². The second-order valence-electron chi connectivity index (χ2n) is 6.61. The molecule has 3 rings (SSSR count). The van der Waals surface area contributed by atoms with E-state index in [2.05, 4.69) is 22.4 Å². The van der Waals surface area contributed by atoms with Crippen molar-refractivity contribution in [2.45, 2.75) is 52.7 Å². The van der Waals surface area contributed by atoms with Crippen molar-refractivity contribution in [3.8, 4) is 0 Å². The fourth-order valence-electron chi connectivity index (χ4n) is 3.38. The number of aryl methyl sites for hydroxylation is 1. The van der Waals surface area contributed by atoms with Gasteiger partial charge in [0.1, 0.15) is 12.4 Å². The maximum absolute atomic E-state index is 12.9. The van der Waals surface area contributed by atoms with Crippen LogP contribution >= 0.6 is 0 Å². The van der Waals surface area contributed by atoms with Gasteiger partial charge in [0.25, 0.3) is 0 Å². The number of carbonyl (C=O) groups excluding carboxylic acids is 2. The molecule has 0 aliphatic rings. The summed E-state index contributed by atoms with van der Waals surface area (Å²) in [6.45, 7) is 6.74. The van der Waals surface area contributed by atoms with Gasteiger partial charge in [0, 0.05) is 29.2 Å². The molecule has 7 heteroatoms. The summed E-state index contributed by atoms with van der Waals surface area (Å²) < 4.78 is 3.85. The number of nitrogens with one attached hydrogen (secondary N) is 1. The van der Waals surface area contributed by atoms with Crippen molar-refractivity contribution >= 4 is 22.6 Å². The topological polar surface area (TPSA) is 81.8 Å². The minimum atomic E-state index is -0.398. The van der Waals surface area contributed by atoms with Crippen LogP contribution in [0.1, 0.15) is 55.8 Å². The molecule has 2 heterocycles. The first-order chi connectivity index (χ1) is 13.1.